The number of carbonyl (C=O) groups is 2. The third-order valence-electron chi connectivity index (χ3n) is 3.62. The van der Waals surface area contributed by atoms with Crippen LogP contribution in [0.15, 0.2) is 24.3 Å². The number of nitrogens with zero attached hydrogens (tertiary/aromatic N) is 1. The number of fused-ring (bicyclic) bond motifs is 1. The highest BCUT2D eigenvalue weighted by atomic mass is 16.2. The Morgan fingerprint density at radius 2 is 2.00 bits per heavy atom. The van der Waals surface area contributed by atoms with Gasteiger partial charge in [-0.1, -0.05) is 38.1 Å². The second-order valence-corrected chi connectivity index (χ2v) is 5.99. The smallest absolute Gasteiger partial charge is 0.240 e. The summed E-state index contributed by atoms with van der Waals surface area (Å²) in [7, 11) is 0. The van der Waals surface area contributed by atoms with E-state index in [9.17, 15) is 9.59 Å². The van der Waals surface area contributed by atoms with E-state index in [1.165, 1.54) is 11.1 Å². The lowest BCUT2D eigenvalue weighted by Crippen LogP contribution is -2.52. The summed E-state index contributed by atoms with van der Waals surface area (Å²) in [5.41, 5.74) is 7.68. The molecule has 2 rings (SSSR count). The third kappa shape index (κ3) is 4.04. The van der Waals surface area contributed by atoms with E-state index in [0.717, 1.165) is 0 Å². The summed E-state index contributed by atoms with van der Waals surface area (Å²) in [6.07, 6.45) is 0.655. The van der Waals surface area contributed by atoms with Crippen molar-refractivity contribution >= 4 is 11.8 Å². The number of nitrogens with two attached hydrogens (primary N) is 1. The van der Waals surface area contributed by atoms with E-state index in [-0.39, 0.29) is 18.5 Å². The van der Waals surface area contributed by atoms with E-state index in [1.807, 2.05) is 26.0 Å². The Balaban J connectivity index is 2.09. The molecular formula is C16H23N3O2. The van der Waals surface area contributed by atoms with E-state index in [2.05, 4.69) is 17.4 Å². The molecule has 0 spiro atoms. The first kappa shape index (κ1) is 15.5. The van der Waals surface area contributed by atoms with Gasteiger partial charge in [0.15, 0.2) is 0 Å². The molecule has 114 valence electrons. The van der Waals surface area contributed by atoms with Gasteiger partial charge in [-0.05, 0) is 23.5 Å². The van der Waals surface area contributed by atoms with Gasteiger partial charge in [-0.25, -0.2) is 0 Å². The maximum Gasteiger partial charge on any atom is 0.240 e. The fourth-order valence-corrected chi connectivity index (χ4v) is 2.71. The van der Waals surface area contributed by atoms with Gasteiger partial charge in [0.2, 0.25) is 11.8 Å². The van der Waals surface area contributed by atoms with Gasteiger partial charge in [0.05, 0.1) is 12.6 Å². The lowest BCUT2D eigenvalue weighted by Gasteiger charge is -2.31. The van der Waals surface area contributed by atoms with Crippen LogP contribution in [0.5, 0.6) is 0 Å². The Hall–Kier alpha value is -1.88. The summed E-state index contributed by atoms with van der Waals surface area (Å²) in [4.78, 5) is 25.4. The molecule has 2 amide bonds. The monoisotopic (exact) mass is 289 g/mol. The van der Waals surface area contributed by atoms with Crippen LogP contribution in [0.2, 0.25) is 0 Å². The molecule has 1 aromatic carbocycles. The highest BCUT2D eigenvalue weighted by Gasteiger charge is 2.28. The van der Waals surface area contributed by atoms with Gasteiger partial charge in [0.1, 0.15) is 0 Å². The van der Waals surface area contributed by atoms with Crippen molar-refractivity contribution in [3.05, 3.63) is 35.4 Å². The SMILES string of the molecule is CC(C)CN(CC(N)=O)C(=O)[C@@H]1Cc2ccccc2CN1. The van der Waals surface area contributed by atoms with Crippen LogP contribution >= 0.6 is 0 Å². The number of nitrogens with one attached hydrogen (secondary N) is 1. The lowest BCUT2D eigenvalue weighted by molar-refractivity contribution is -0.137. The largest absolute Gasteiger partial charge is 0.368 e. The van der Waals surface area contributed by atoms with E-state index >= 15 is 0 Å². The van der Waals surface area contributed by atoms with Crippen molar-refractivity contribution in [2.24, 2.45) is 11.7 Å². The minimum absolute atomic E-state index is 0.0170. The predicted octanol–water partition coefficient (Wildman–Crippen LogP) is 0.671. The van der Waals surface area contributed by atoms with Gasteiger partial charge < -0.3 is 16.0 Å². The van der Waals surface area contributed by atoms with Crippen molar-refractivity contribution in [3.8, 4) is 0 Å². The minimum atomic E-state index is -0.472. The zero-order chi connectivity index (χ0) is 15.4. The van der Waals surface area contributed by atoms with E-state index < -0.39 is 5.91 Å². The number of carbonyl (C=O) groups excluding carboxylic acids is 2. The molecule has 1 aliphatic heterocycles. The van der Waals surface area contributed by atoms with Crippen molar-refractivity contribution in [2.45, 2.75) is 32.9 Å². The minimum Gasteiger partial charge on any atom is -0.368 e. The van der Waals surface area contributed by atoms with Gasteiger partial charge in [-0.15, -0.1) is 0 Å². The van der Waals surface area contributed by atoms with E-state index in [4.69, 9.17) is 5.73 Å². The Morgan fingerprint density at radius 3 is 2.62 bits per heavy atom. The number of rotatable bonds is 5. The molecule has 1 atom stereocenters. The first-order valence-corrected chi connectivity index (χ1v) is 7.34. The van der Waals surface area contributed by atoms with Gasteiger partial charge in [-0.2, -0.15) is 0 Å². The number of amides is 2. The molecule has 0 fully saturated rings. The molecule has 21 heavy (non-hydrogen) atoms. The summed E-state index contributed by atoms with van der Waals surface area (Å²) < 4.78 is 0. The van der Waals surface area contributed by atoms with Crippen molar-refractivity contribution in [3.63, 3.8) is 0 Å². The topological polar surface area (TPSA) is 75.4 Å². The Labute approximate surface area is 125 Å². The fraction of sp³-hybridized carbons (Fsp3) is 0.500. The molecule has 5 heteroatoms. The Morgan fingerprint density at radius 1 is 1.33 bits per heavy atom. The summed E-state index contributed by atoms with van der Waals surface area (Å²) >= 11 is 0. The van der Waals surface area contributed by atoms with Crippen LogP contribution in [-0.4, -0.2) is 35.8 Å². The van der Waals surface area contributed by atoms with E-state index in [1.54, 1.807) is 4.90 Å². The lowest BCUT2D eigenvalue weighted by atomic mass is 9.95. The first-order valence-electron chi connectivity index (χ1n) is 7.34. The average molecular weight is 289 g/mol. The second kappa shape index (κ2) is 6.72. The van der Waals surface area contributed by atoms with E-state index in [0.29, 0.717) is 25.4 Å². The van der Waals surface area contributed by atoms with Crippen molar-refractivity contribution < 1.29 is 9.59 Å². The molecule has 0 bridgehead atoms. The molecule has 1 heterocycles. The number of primary amides is 1. The van der Waals surface area contributed by atoms with Crippen LogP contribution in [-0.2, 0) is 22.6 Å². The van der Waals surface area contributed by atoms with Crippen LogP contribution in [0.3, 0.4) is 0 Å². The van der Waals surface area contributed by atoms with Crippen LogP contribution in [0.4, 0.5) is 0 Å². The fourth-order valence-electron chi connectivity index (χ4n) is 2.71. The van der Waals surface area contributed by atoms with Gasteiger partial charge in [0, 0.05) is 13.1 Å². The van der Waals surface area contributed by atoms with Crippen LogP contribution in [0, 0.1) is 5.92 Å². The zero-order valence-corrected chi connectivity index (χ0v) is 12.6. The summed E-state index contributed by atoms with van der Waals surface area (Å²) in [6, 6.07) is 7.83. The van der Waals surface area contributed by atoms with Crippen LogP contribution < -0.4 is 11.1 Å². The predicted molar refractivity (Wildman–Crippen MR) is 81.4 cm³/mol. The molecule has 3 N–H and O–H groups in total. The van der Waals surface area contributed by atoms with Gasteiger partial charge >= 0.3 is 0 Å². The molecule has 1 aromatic rings. The zero-order valence-electron chi connectivity index (χ0n) is 12.6. The van der Waals surface area contributed by atoms with Crippen molar-refractivity contribution in [1.82, 2.24) is 10.2 Å². The summed E-state index contributed by atoms with van der Waals surface area (Å²) in [5.74, 6) is -0.221. The number of hydrogen-bond acceptors (Lipinski definition) is 3. The van der Waals surface area contributed by atoms with Gasteiger partial charge in [0.25, 0.3) is 0 Å². The molecule has 0 saturated carbocycles. The molecule has 0 aliphatic carbocycles. The van der Waals surface area contributed by atoms with Crippen molar-refractivity contribution in [2.75, 3.05) is 13.1 Å². The Kier molecular flexibility index (Phi) is 4.96. The molecule has 0 radical (unpaired) electrons. The Bertz CT molecular complexity index is 528. The molecule has 5 nitrogen and oxygen atoms in total. The maximum absolute atomic E-state index is 12.6. The van der Waals surface area contributed by atoms with Crippen LogP contribution in [0.1, 0.15) is 25.0 Å². The molecule has 0 saturated heterocycles. The normalized spacial score (nSPS) is 17.4. The van der Waals surface area contributed by atoms with Crippen molar-refractivity contribution in [1.29, 1.82) is 0 Å². The third-order valence-corrected chi connectivity index (χ3v) is 3.62. The van der Waals surface area contributed by atoms with Gasteiger partial charge in [-0.3, -0.25) is 9.59 Å². The summed E-state index contributed by atoms with van der Waals surface area (Å²) in [5, 5.41) is 3.26. The molecule has 0 unspecified atom stereocenters. The average Bonchev–Trinajstić information content (AvgIpc) is 2.44. The molecule has 1 aliphatic rings. The molecule has 0 aromatic heterocycles. The quantitative estimate of drug-likeness (QED) is 0.836. The maximum atomic E-state index is 12.6. The highest BCUT2D eigenvalue weighted by molar-refractivity contribution is 5.87. The highest BCUT2D eigenvalue weighted by Crippen LogP contribution is 2.17. The number of hydrogen-bond donors (Lipinski definition) is 2. The number of benzene rings is 1. The van der Waals surface area contributed by atoms with Crippen LogP contribution in [0.25, 0.3) is 0 Å². The summed E-state index contributed by atoms with van der Waals surface area (Å²) in [6.45, 7) is 5.24. The molecular weight excluding hydrogens is 266 g/mol. The second-order valence-electron chi connectivity index (χ2n) is 5.99. The standard InChI is InChI=1S/C16H23N3O2/c1-11(2)9-19(10-15(17)20)16(21)14-7-12-5-3-4-6-13(12)8-18-14/h3-6,11,14,18H,7-10H2,1-2H3,(H2,17,20)/t14-/m0/s1. The first-order chi connectivity index (χ1) is 9.97.